The summed E-state index contributed by atoms with van der Waals surface area (Å²) in [6.45, 7) is 0.840. The molecule has 0 aliphatic rings. The van der Waals surface area contributed by atoms with Gasteiger partial charge >= 0.3 is 5.97 Å². The van der Waals surface area contributed by atoms with Crippen molar-refractivity contribution in [1.29, 1.82) is 0 Å². The number of rotatable bonds is 9. The molecule has 0 radical (unpaired) electrons. The van der Waals surface area contributed by atoms with Crippen LogP contribution in [0.4, 0.5) is 0 Å². The number of ether oxygens (including phenoxy) is 1. The number of aliphatic carboxylic acids is 1. The van der Waals surface area contributed by atoms with Crippen molar-refractivity contribution in [2.75, 3.05) is 13.2 Å². The molecule has 0 spiro atoms. The van der Waals surface area contributed by atoms with E-state index >= 15 is 0 Å². The molecule has 0 saturated heterocycles. The predicted molar refractivity (Wildman–Crippen MR) is 72.2 cm³/mol. The lowest BCUT2D eigenvalue weighted by Crippen LogP contribution is -2.32. The molecule has 4 N–H and O–H groups in total. The van der Waals surface area contributed by atoms with Crippen molar-refractivity contribution >= 4 is 5.97 Å². The van der Waals surface area contributed by atoms with E-state index < -0.39 is 12.0 Å². The van der Waals surface area contributed by atoms with E-state index in [2.05, 4.69) is 0 Å². The molecule has 19 heavy (non-hydrogen) atoms. The van der Waals surface area contributed by atoms with E-state index in [-0.39, 0.29) is 6.61 Å². The summed E-state index contributed by atoms with van der Waals surface area (Å²) in [5.74, 6) is -0.235. The van der Waals surface area contributed by atoms with Gasteiger partial charge in [-0.15, -0.1) is 0 Å². The van der Waals surface area contributed by atoms with Gasteiger partial charge in [-0.05, 0) is 43.4 Å². The van der Waals surface area contributed by atoms with E-state index in [4.69, 9.17) is 20.7 Å². The van der Waals surface area contributed by atoms with Crippen molar-refractivity contribution in [3.05, 3.63) is 29.8 Å². The first-order valence-corrected chi connectivity index (χ1v) is 6.44. The average Bonchev–Trinajstić information content (AvgIpc) is 2.40. The third-order valence-corrected chi connectivity index (χ3v) is 2.77. The van der Waals surface area contributed by atoms with E-state index in [9.17, 15) is 4.79 Å². The quantitative estimate of drug-likeness (QED) is 0.584. The number of carboxylic acid groups (broad SMARTS) is 1. The Bertz CT molecular complexity index is 378. The summed E-state index contributed by atoms with van der Waals surface area (Å²) in [5.41, 5.74) is 6.34. The molecule has 0 aromatic heterocycles. The third kappa shape index (κ3) is 6.22. The fourth-order valence-electron chi connectivity index (χ4n) is 1.64. The van der Waals surface area contributed by atoms with Crippen molar-refractivity contribution in [2.45, 2.75) is 31.7 Å². The zero-order chi connectivity index (χ0) is 14.1. The highest BCUT2D eigenvalue weighted by Crippen LogP contribution is 2.14. The number of carboxylic acids is 1. The first kappa shape index (κ1) is 15.5. The Morgan fingerprint density at radius 3 is 2.47 bits per heavy atom. The van der Waals surface area contributed by atoms with Gasteiger partial charge in [0.2, 0.25) is 0 Å². The van der Waals surface area contributed by atoms with Gasteiger partial charge in [0.15, 0.2) is 0 Å². The summed E-state index contributed by atoms with van der Waals surface area (Å²) in [5, 5.41) is 17.3. The maximum atomic E-state index is 10.6. The Kier molecular flexibility index (Phi) is 6.92. The number of aliphatic hydroxyl groups excluding tert-OH is 1. The summed E-state index contributed by atoms with van der Waals surface area (Å²) < 4.78 is 5.53. The Balaban J connectivity index is 2.33. The molecule has 0 aliphatic heterocycles. The molecule has 5 heteroatoms. The standard InChI is InChI=1S/C14H21NO4/c15-13(14(17)18)10-11-4-6-12(7-5-11)19-9-3-1-2-8-16/h4-7,13,16H,1-3,8-10,15H2,(H,17,18)/t13-/m0/s1. The highest BCUT2D eigenvalue weighted by Gasteiger charge is 2.11. The molecule has 0 aliphatic carbocycles. The molecule has 0 saturated carbocycles. The van der Waals surface area contributed by atoms with E-state index in [1.165, 1.54) is 0 Å². The maximum absolute atomic E-state index is 10.6. The van der Waals surface area contributed by atoms with Crippen LogP contribution in [0, 0.1) is 0 Å². The molecule has 0 amide bonds. The molecule has 106 valence electrons. The molecule has 1 rings (SSSR count). The zero-order valence-electron chi connectivity index (χ0n) is 10.9. The molecule has 0 unspecified atom stereocenters. The monoisotopic (exact) mass is 267 g/mol. The predicted octanol–water partition coefficient (Wildman–Crippen LogP) is 1.18. The fourth-order valence-corrected chi connectivity index (χ4v) is 1.64. The summed E-state index contributed by atoms with van der Waals surface area (Å²) in [6, 6.07) is 6.41. The normalized spacial score (nSPS) is 12.1. The zero-order valence-corrected chi connectivity index (χ0v) is 10.9. The minimum Gasteiger partial charge on any atom is -0.494 e. The van der Waals surface area contributed by atoms with Crippen LogP contribution in [-0.4, -0.2) is 35.4 Å². The molecule has 1 aromatic carbocycles. The molecule has 5 nitrogen and oxygen atoms in total. The number of unbranched alkanes of at least 4 members (excludes halogenated alkanes) is 2. The molecule has 1 atom stereocenters. The fraction of sp³-hybridized carbons (Fsp3) is 0.500. The second-order valence-electron chi connectivity index (χ2n) is 4.43. The first-order valence-electron chi connectivity index (χ1n) is 6.44. The lowest BCUT2D eigenvalue weighted by Gasteiger charge is -2.09. The minimum absolute atomic E-state index is 0.221. The van der Waals surface area contributed by atoms with Crippen LogP contribution in [0.3, 0.4) is 0 Å². The van der Waals surface area contributed by atoms with E-state index in [1.807, 2.05) is 24.3 Å². The van der Waals surface area contributed by atoms with Gasteiger partial charge in [-0.1, -0.05) is 12.1 Å². The summed E-state index contributed by atoms with van der Waals surface area (Å²) >= 11 is 0. The summed E-state index contributed by atoms with van der Waals surface area (Å²) in [6.07, 6.45) is 2.97. The Morgan fingerprint density at radius 2 is 1.89 bits per heavy atom. The van der Waals surface area contributed by atoms with Crippen molar-refractivity contribution in [1.82, 2.24) is 0 Å². The number of hydrogen-bond acceptors (Lipinski definition) is 4. The van der Waals surface area contributed by atoms with Crippen LogP contribution in [0.25, 0.3) is 0 Å². The Morgan fingerprint density at radius 1 is 1.21 bits per heavy atom. The van der Waals surface area contributed by atoms with Crippen LogP contribution in [0.1, 0.15) is 24.8 Å². The van der Waals surface area contributed by atoms with Gasteiger partial charge in [0.05, 0.1) is 6.61 Å². The van der Waals surface area contributed by atoms with Crippen LogP contribution in [0.5, 0.6) is 5.75 Å². The number of aliphatic hydroxyl groups is 1. The number of carbonyl (C=O) groups is 1. The summed E-state index contributed by atoms with van der Waals surface area (Å²) in [4.78, 5) is 10.6. The van der Waals surface area contributed by atoms with Gasteiger partial charge in [-0.2, -0.15) is 0 Å². The van der Waals surface area contributed by atoms with Gasteiger partial charge in [0.25, 0.3) is 0 Å². The van der Waals surface area contributed by atoms with Gasteiger partial charge in [-0.3, -0.25) is 4.79 Å². The molecule has 0 bridgehead atoms. The largest absolute Gasteiger partial charge is 0.494 e. The Labute approximate surface area is 113 Å². The second-order valence-corrected chi connectivity index (χ2v) is 4.43. The van der Waals surface area contributed by atoms with Gasteiger partial charge < -0.3 is 20.7 Å². The number of nitrogens with two attached hydrogens (primary N) is 1. The Hall–Kier alpha value is -1.59. The molecular weight excluding hydrogens is 246 g/mol. The number of hydrogen-bond donors (Lipinski definition) is 3. The lowest BCUT2D eigenvalue weighted by atomic mass is 10.1. The van der Waals surface area contributed by atoms with E-state index in [1.54, 1.807) is 0 Å². The van der Waals surface area contributed by atoms with E-state index in [0.717, 1.165) is 30.6 Å². The first-order chi connectivity index (χ1) is 9.13. The average molecular weight is 267 g/mol. The van der Waals surface area contributed by atoms with Gasteiger partial charge in [-0.25, -0.2) is 0 Å². The third-order valence-electron chi connectivity index (χ3n) is 2.77. The second kappa shape index (κ2) is 8.50. The minimum atomic E-state index is -0.996. The van der Waals surface area contributed by atoms with Crippen molar-refractivity contribution < 1.29 is 19.7 Å². The molecule has 0 fully saturated rings. The number of benzene rings is 1. The van der Waals surface area contributed by atoms with Crippen molar-refractivity contribution in [3.63, 3.8) is 0 Å². The molecule has 0 heterocycles. The summed E-state index contributed by atoms with van der Waals surface area (Å²) in [7, 11) is 0. The SMILES string of the molecule is N[C@@H](Cc1ccc(OCCCCCO)cc1)C(=O)O. The molecular formula is C14H21NO4. The van der Waals surface area contributed by atoms with Crippen LogP contribution in [0.15, 0.2) is 24.3 Å². The highest BCUT2D eigenvalue weighted by atomic mass is 16.5. The van der Waals surface area contributed by atoms with Crippen LogP contribution in [-0.2, 0) is 11.2 Å². The van der Waals surface area contributed by atoms with Gasteiger partial charge in [0.1, 0.15) is 11.8 Å². The van der Waals surface area contributed by atoms with Crippen LogP contribution >= 0.6 is 0 Å². The van der Waals surface area contributed by atoms with E-state index in [0.29, 0.717) is 13.0 Å². The van der Waals surface area contributed by atoms with Crippen LogP contribution in [0.2, 0.25) is 0 Å². The smallest absolute Gasteiger partial charge is 0.320 e. The lowest BCUT2D eigenvalue weighted by molar-refractivity contribution is -0.138. The van der Waals surface area contributed by atoms with Crippen molar-refractivity contribution in [3.8, 4) is 5.75 Å². The van der Waals surface area contributed by atoms with Crippen LogP contribution < -0.4 is 10.5 Å². The highest BCUT2D eigenvalue weighted by molar-refractivity contribution is 5.73. The maximum Gasteiger partial charge on any atom is 0.320 e. The molecule has 1 aromatic rings. The van der Waals surface area contributed by atoms with Crippen molar-refractivity contribution in [2.24, 2.45) is 5.73 Å². The van der Waals surface area contributed by atoms with Gasteiger partial charge in [0, 0.05) is 6.61 Å². The topological polar surface area (TPSA) is 92.8 Å².